The highest BCUT2D eigenvalue weighted by atomic mass is 32.2. The largest absolute Gasteiger partial charge is 0.480 e. The smallest absolute Gasteiger partial charge is 0.325 e. The fourth-order valence-electron chi connectivity index (χ4n) is 2.12. The number of aliphatic carboxylic acids is 1. The first kappa shape index (κ1) is 16.5. The third-order valence-corrected chi connectivity index (χ3v) is 3.74. The van der Waals surface area contributed by atoms with Gasteiger partial charge in [0.05, 0.1) is 0 Å². The molecule has 0 aliphatic heterocycles. The summed E-state index contributed by atoms with van der Waals surface area (Å²) in [7, 11) is 0. The Morgan fingerprint density at radius 2 is 2.09 bits per heavy atom. The molecule has 2 N–H and O–H groups in total. The van der Waals surface area contributed by atoms with E-state index >= 15 is 0 Å². The molecule has 1 heterocycles. The molecule has 1 aromatic heterocycles. The van der Waals surface area contributed by atoms with Gasteiger partial charge in [0.15, 0.2) is 11.6 Å². The maximum absolute atomic E-state index is 11.0. The number of carbonyl (C=O) groups is 1. The fourth-order valence-corrected chi connectivity index (χ4v) is 2.51. The second-order valence-corrected chi connectivity index (χ2v) is 5.87. The third kappa shape index (κ3) is 4.57. The standard InChI is InChI=1S/C15H19N3O3S/c1-22-8-7-13-16-15(18(17-13)10-14(20)21)12(19)9-11-5-3-2-4-6-11/h2-6,12,19H,7-10H2,1H3,(H,20,21)/t12-/m0/s1. The Labute approximate surface area is 133 Å². The van der Waals surface area contributed by atoms with Gasteiger partial charge in [-0.05, 0) is 11.8 Å². The van der Waals surface area contributed by atoms with Crippen LogP contribution >= 0.6 is 11.8 Å². The van der Waals surface area contributed by atoms with Crippen LogP contribution in [0.1, 0.15) is 23.3 Å². The van der Waals surface area contributed by atoms with E-state index in [4.69, 9.17) is 5.11 Å². The number of nitrogens with zero attached hydrogens (tertiary/aromatic N) is 3. The molecule has 0 fully saturated rings. The van der Waals surface area contributed by atoms with Crippen LogP contribution < -0.4 is 0 Å². The molecule has 0 bridgehead atoms. The molecule has 0 saturated heterocycles. The average molecular weight is 321 g/mol. The molecule has 0 aliphatic rings. The van der Waals surface area contributed by atoms with Crippen molar-refractivity contribution in [2.75, 3.05) is 12.0 Å². The molecule has 0 radical (unpaired) electrons. The Bertz CT molecular complexity index is 616. The van der Waals surface area contributed by atoms with Crippen LogP contribution in [0, 0.1) is 0 Å². The molecular formula is C15H19N3O3S. The van der Waals surface area contributed by atoms with Gasteiger partial charge in [0.25, 0.3) is 0 Å². The van der Waals surface area contributed by atoms with Crippen LogP contribution in [0.2, 0.25) is 0 Å². The first-order valence-corrected chi connectivity index (χ1v) is 8.36. The summed E-state index contributed by atoms with van der Waals surface area (Å²) < 4.78 is 1.28. The lowest BCUT2D eigenvalue weighted by Crippen LogP contribution is -2.17. The third-order valence-electron chi connectivity index (χ3n) is 3.13. The molecule has 0 aliphatic carbocycles. The summed E-state index contributed by atoms with van der Waals surface area (Å²) in [5.74, 6) is 0.722. The van der Waals surface area contributed by atoms with Crippen molar-refractivity contribution in [1.29, 1.82) is 0 Å². The van der Waals surface area contributed by atoms with Gasteiger partial charge in [-0.3, -0.25) is 4.79 Å². The molecule has 2 aromatic rings. The molecule has 0 amide bonds. The zero-order valence-electron chi connectivity index (χ0n) is 12.3. The number of aliphatic hydroxyl groups excluding tert-OH is 1. The molecule has 6 nitrogen and oxygen atoms in total. The number of carboxylic acids is 1. The topological polar surface area (TPSA) is 88.2 Å². The Morgan fingerprint density at radius 1 is 1.36 bits per heavy atom. The Balaban J connectivity index is 2.18. The number of aliphatic hydroxyl groups is 1. The second kappa shape index (κ2) is 7.95. The zero-order chi connectivity index (χ0) is 15.9. The number of thioether (sulfide) groups is 1. The van der Waals surface area contributed by atoms with Crippen LogP contribution in [0.4, 0.5) is 0 Å². The van der Waals surface area contributed by atoms with Crippen molar-refractivity contribution in [2.45, 2.75) is 25.5 Å². The number of rotatable bonds is 8. The van der Waals surface area contributed by atoms with Crippen molar-refractivity contribution in [3.63, 3.8) is 0 Å². The van der Waals surface area contributed by atoms with E-state index in [1.54, 1.807) is 11.8 Å². The van der Waals surface area contributed by atoms with Gasteiger partial charge in [-0.25, -0.2) is 9.67 Å². The highest BCUT2D eigenvalue weighted by Crippen LogP contribution is 2.17. The molecule has 0 unspecified atom stereocenters. The minimum Gasteiger partial charge on any atom is -0.480 e. The van der Waals surface area contributed by atoms with E-state index in [1.807, 2.05) is 36.6 Å². The monoisotopic (exact) mass is 321 g/mol. The Hall–Kier alpha value is -1.86. The van der Waals surface area contributed by atoms with Crippen molar-refractivity contribution in [1.82, 2.24) is 14.8 Å². The summed E-state index contributed by atoms with van der Waals surface area (Å²) in [5.41, 5.74) is 0.963. The summed E-state index contributed by atoms with van der Waals surface area (Å²) in [4.78, 5) is 15.3. The van der Waals surface area contributed by atoms with Crippen molar-refractivity contribution in [3.8, 4) is 0 Å². The number of aryl methyl sites for hydroxylation is 1. The molecule has 118 valence electrons. The summed E-state index contributed by atoms with van der Waals surface area (Å²) in [6.07, 6.45) is 2.14. The van der Waals surface area contributed by atoms with Gasteiger partial charge >= 0.3 is 5.97 Å². The number of benzene rings is 1. The van der Waals surface area contributed by atoms with Crippen molar-refractivity contribution >= 4 is 17.7 Å². The van der Waals surface area contributed by atoms with Gasteiger partial charge in [-0.2, -0.15) is 16.9 Å². The molecule has 2 rings (SSSR count). The van der Waals surface area contributed by atoms with Crippen LogP contribution in [-0.2, 0) is 24.2 Å². The van der Waals surface area contributed by atoms with Gasteiger partial charge in [-0.15, -0.1) is 0 Å². The van der Waals surface area contributed by atoms with E-state index in [1.165, 1.54) is 4.68 Å². The molecule has 22 heavy (non-hydrogen) atoms. The van der Waals surface area contributed by atoms with E-state index in [0.29, 0.717) is 24.5 Å². The number of aromatic nitrogens is 3. The molecule has 1 atom stereocenters. The van der Waals surface area contributed by atoms with Crippen molar-refractivity contribution < 1.29 is 15.0 Å². The SMILES string of the molecule is CSCCc1nc([C@@H](O)Cc2ccccc2)n(CC(=O)O)n1. The van der Waals surface area contributed by atoms with Gasteiger partial charge in [-0.1, -0.05) is 30.3 Å². The molecule has 0 saturated carbocycles. The highest BCUT2D eigenvalue weighted by molar-refractivity contribution is 7.98. The van der Waals surface area contributed by atoms with Crippen LogP contribution in [0.5, 0.6) is 0 Å². The quantitative estimate of drug-likeness (QED) is 0.767. The number of hydrogen-bond acceptors (Lipinski definition) is 5. The van der Waals surface area contributed by atoms with Gasteiger partial charge in [0.2, 0.25) is 0 Å². The van der Waals surface area contributed by atoms with Gasteiger partial charge in [0.1, 0.15) is 12.6 Å². The van der Waals surface area contributed by atoms with Gasteiger partial charge < -0.3 is 10.2 Å². The van der Waals surface area contributed by atoms with E-state index in [2.05, 4.69) is 10.1 Å². The summed E-state index contributed by atoms with van der Waals surface area (Å²) in [5, 5.41) is 23.6. The summed E-state index contributed by atoms with van der Waals surface area (Å²) in [6.45, 7) is -0.298. The first-order valence-electron chi connectivity index (χ1n) is 6.96. The molecule has 1 aromatic carbocycles. The Kier molecular flexibility index (Phi) is 5.97. The van der Waals surface area contributed by atoms with E-state index < -0.39 is 12.1 Å². The van der Waals surface area contributed by atoms with Crippen LogP contribution in [-0.4, -0.2) is 43.0 Å². The predicted molar refractivity (Wildman–Crippen MR) is 84.8 cm³/mol. The summed E-state index contributed by atoms with van der Waals surface area (Å²) >= 11 is 1.67. The normalized spacial score (nSPS) is 12.3. The van der Waals surface area contributed by atoms with E-state index in [0.717, 1.165) is 11.3 Å². The lowest BCUT2D eigenvalue weighted by atomic mass is 10.1. The Morgan fingerprint density at radius 3 is 2.73 bits per heavy atom. The van der Waals surface area contributed by atoms with Crippen molar-refractivity contribution in [3.05, 3.63) is 47.5 Å². The maximum atomic E-state index is 11.0. The van der Waals surface area contributed by atoms with Crippen molar-refractivity contribution in [2.24, 2.45) is 0 Å². The molecule has 7 heteroatoms. The summed E-state index contributed by atoms with van der Waals surface area (Å²) in [6, 6.07) is 9.52. The minimum absolute atomic E-state index is 0.298. The predicted octanol–water partition coefficient (Wildman–Crippen LogP) is 1.54. The maximum Gasteiger partial charge on any atom is 0.325 e. The minimum atomic E-state index is -1.01. The lowest BCUT2D eigenvalue weighted by molar-refractivity contribution is -0.138. The number of hydrogen-bond donors (Lipinski definition) is 2. The first-order chi connectivity index (χ1) is 10.6. The van der Waals surface area contributed by atoms with E-state index in [-0.39, 0.29) is 6.54 Å². The van der Waals surface area contributed by atoms with Crippen LogP contribution in [0.3, 0.4) is 0 Å². The lowest BCUT2D eigenvalue weighted by Gasteiger charge is -2.10. The van der Waals surface area contributed by atoms with E-state index in [9.17, 15) is 9.90 Å². The second-order valence-electron chi connectivity index (χ2n) is 4.89. The molecular weight excluding hydrogens is 302 g/mol. The van der Waals surface area contributed by atoms with Gasteiger partial charge in [0, 0.05) is 18.6 Å². The molecule has 0 spiro atoms. The van der Waals surface area contributed by atoms with Crippen LogP contribution in [0.25, 0.3) is 0 Å². The highest BCUT2D eigenvalue weighted by Gasteiger charge is 2.19. The van der Waals surface area contributed by atoms with Crippen LogP contribution in [0.15, 0.2) is 30.3 Å². The number of carboxylic acid groups (broad SMARTS) is 1. The average Bonchev–Trinajstić information content (AvgIpc) is 2.88. The zero-order valence-corrected chi connectivity index (χ0v) is 13.2. The fraction of sp³-hybridized carbons (Fsp3) is 0.400.